The number of nitro groups is 1. The number of hydrogen-bond donors (Lipinski definition) is 1. The maximum absolute atomic E-state index is 11.2. The second-order valence-electron chi connectivity index (χ2n) is 5.99. The normalized spacial score (nSPS) is 28.4. The largest absolute Gasteiger partial charge is 0.351 e. The summed E-state index contributed by atoms with van der Waals surface area (Å²) in [6, 6.07) is 3.06. The molecule has 3 heterocycles. The molecule has 20 heavy (non-hydrogen) atoms. The van der Waals surface area contributed by atoms with E-state index >= 15 is 0 Å². The lowest BCUT2D eigenvalue weighted by Gasteiger charge is -2.35. The van der Waals surface area contributed by atoms with Crippen LogP contribution in [0.4, 0.5) is 11.5 Å². The second-order valence-corrected chi connectivity index (χ2v) is 5.99. The first-order chi connectivity index (χ1) is 9.54. The Hall–Kier alpha value is -1.69. The smallest absolute Gasteiger partial charge is 0.311 e. The van der Waals surface area contributed by atoms with Gasteiger partial charge in [0, 0.05) is 37.4 Å². The van der Waals surface area contributed by atoms with Gasteiger partial charge in [-0.25, -0.2) is 4.98 Å². The van der Waals surface area contributed by atoms with Gasteiger partial charge in [-0.1, -0.05) is 0 Å². The third-order valence-corrected chi connectivity index (χ3v) is 4.51. The van der Waals surface area contributed by atoms with E-state index in [9.17, 15) is 10.1 Å². The van der Waals surface area contributed by atoms with Gasteiger partial charge in [-0.2, -0.15) is 0 Å². The molecule has 1 aromatic heterocycles. The van der Waals surface area contributed by atoms with E-state index in [-0.39, 0.29) is 10.6 Å². The maximum atomic E-state index is 11.2. The molecule has 0 aliphatic carbocycles. The Morgan fingerprint density at radius 2 is 2.05 bits per heavy atom. The number of rotatable bonds is 3. The second kappa shape index (κ2) is 5.01. The van der Waals surface area contributed by atoms with Crippen LogP contribution in [0.15, 0.2) is 12.3 Å². The standard InChI is InChI=1S/C14H20N4O2/c1-9-5-13(18(19)20)14(15-8-9)17(2)12-6-10-3-4-11(7-12)16-10/h5,8,10-12,16H,3-4,6-7H2,1-2H3. The number of nitrogens with zero attached hydrogens (tertiary/aromatic N) is 3. The molecule has 1 N–H and O–H groups in total. The van der Waals surface area contributed by atoms with Crippen molar-refractivity contribution in [3.8, 4) is 0 Å². The van der Waals surface area contributed by atoms with Crippen LogP contribution in [-0.4, -0.2) is 35.1 Å². The zero-order valence-corrected chi connectivity index (χ0v) is 11.9. The van der Waals surface area contributed by atoms with E-state index in [1.807, 2.05) is 18.9 Å². The molecule has 2 atom stereocenters. The first kappa shape index (κ1) is 13.3. The van der Waals surface area contributed by atoms with E-state index in [2.05, 4.69) is 10.3 Å². The first-order valence-corrected chi connectivity index (χ1v) is 7.14. The van der Waals surface area contributed by atoms with Crippen molar-refractivity contribution in [1.29, 1.82) is 0 Å². The fourth-order valence-corrected chi connectivity index (χ4v) is 3.47. The van der Waals surface area contributed by atoms with Crippen molar-refractivity contribution in [3.63, 3.8) is 0 Å². The van der Waals surface area contributed by atoms with E-state index in [0.29, 0.717) is 23.9 Å². The molecule has 2 unspecified atom stereocenters. The highest BCUT2D eigenvalue weighted by molar-refractivity contribution is 5.58. The van der Waals surface area contributed by atoms with Gasteiger partial charge >= 0.3 is 5.69 Å². The Morgan fingerprint density at radius 3 is 2.65 bits per heavy atom. The molecule has 0 saturated carbocycles. The molecule has 108 valence electrons. The van der Waals surface area contributed by atoms with E-state index in [4.69, 9.17) is 0 Å². The Kier molecular flexibility index (Phi) is 3.33. The zero-order valence-electron chi connectivity index (χ0n) is 11.9. The summed E-state index contributed by atoms with van der Waals surface area (Å²) in [6.45, 7) is 1.83. The molecule has 2 bridgehead atoms. The average Bonchev–Trinajstić information content (AvgIpc) is 2.76. The topological polar surface area (TPSA) is 71.3 Å². The first-order valence-electron chi connectivity index (χ1n) is 7.14. The van der Waals surface area contributed by atoms with Crippen LogP contribution in [0.25, 0.3) is 0 Å². The van der Waals surface area contributed by atoms with Gasteiger partial charge in [0.25, 0.3) is 0 Å². The lowest BCUT2D eigenvalue weighted by molar-refractivity contribution is -0.384. The van der Waals surface area contributed by atoms with Gasteiger partial charge < -0.3 is 10.2 Å². The highest BCUT2D eigenvalue weighted by Gasteiger charge is 2.36. The molecule has 0 radical (unpaired) electrons. The van der Waals surface area contributed by atoms with Crippen molar-refractivity contribution >= 4 is 11.5 Å². The van der Waals surface area contributed by atoms with E-state index in [1.54, 1.807) is 12.3 Å². The van der Waals surface area contributed by atoms with Crippen LogP contribution in [0.5, 0.6) is 0 Å². The summed E-state index contributed by atoms with van der Waals surface area (Å²) in [5.74, 6) is 0.493. The van der Waals surface area contributed by atoms with Gasteiger partial charge in [0.05, 0.1) is 4.92 Å². The predicted molar refractivity (Wildman–Crippen MR) is 77.0 cm³/mol. The predicted octanol–water partition coefficient (Wildman–Crippen LogP) is 2.02. The molecule has 6 heteroatoms. The Bertz CT molecular complexity index is 522. The van der Waals surface area contributed by atoms with Gasteiger partial charge in [-0.3, -0.25) is 10.1 Å². The summed E-state index contributed by atoms with van der Waals surface area (Å²) >= 11 is 0. The number of anilines is 1. The highest BCUT2D eigenvalue weighted by Crippen LogP contribution is 2.34. The fourth-order valence-electron chi connectivity index (χ4n) is 3.47. The third-order valence-electron chi connectivity index (χ3n) is 4.51. The van der Waals surface area contributed by atoms with Crippen LogP contribution in [-0.2, 0) is 0 Å². The minimum Gasteiger partial charge on any atom is -0.351 e. The van der Waals surface area contributed by atoms with Crippen LogP contribution in [0.1, 0.15) is 31.2 Å². The summed E-state index contributed by atoms with van der Waals surface area (Å²) in [5, 5.41) is 14.8. The number of aryl methyl sites for hydroxylation is 1. The number of piperidine rings is 1. The van der Waals surface area contributed by atoms with E-state index < -0.39 is 0 Å². The van der Waals surface area contributed by atoms with Crippen LogP contribution >= 0.6 is 0 Å². The molecule has 6 nitrogen and oxygen atoms in total. The van der Waals surface area contributed by atoms with Crippen LogP contribution in [0, 0.1) is 17.0 Å². The van der Waals surface area contributed by atoms with Crippen LogP contribution in [0.3, 0.4) is 0 Å². The summed E-state index contributed by atoms with van der Waals surface area (Å²) in [6.07, 6.45) is 6.23. The number of aromatic nitrogens is 1. The van der Waals surface area contributed by atoms with Gasteiger partial charge in [0.2, 0.25) is 5.82 Å². The summed E-state index contributed by atoms with van der Waals surface area (Å²) < 4.78 is 0. The SMILES string of the molecule is Cc1cnc(N(C)C2CC3CCC(C2)N3)c([N+](=O)[O-])c1. The highest BCUT2D eigenvalue weighted by atomic mass is 16.6. The molecule has 0 amide bonds. The average molecular weight is 276 g/mol. The van der Waals surface area contributed by atoms with E-state index in [1.165, 1.54) is 12.8 Å². The molecule has 1 aromatic rings. The van der Waals surface area contributed by atoms with Gasteiger partial charge in [-0.05, 0) is 38.2 Å². The molecule has 3 rings (SSSR count). The van der Waals surface area contributed by atoms with Gasteiger partial charge in [0.1, 0.15) is 0 Å². The molecule has 2 aliphatic rings. The molecule has 0 aromatic carbocycles. The molecule has 2 saturated heterocycles. The van der Waals surface area contributed by atoms with Crippen molar-refractivity contribution in [3.05, 3.63) is 27.9 Å². The van der Waals surface area contributed by atoms with Gasteiger partial charge in [-0.15, -0.1) is 0 Å². The molecule has 2 aliphatic heterocycles. The third kappa shape index (κ3) is 2.35. The van der Waals surface area contributed by atoms with Crippen molar-refractivity contribution in [2.24, 2.45) is 0 Å². The number of fused-ring (bicyclic) bond motifs is 2. The van der Waals surface area contributed by atoms with Crippen molar-refractivity contribution in [2.75, 3.05) is 11.9 Å². The fraction of sp³-hybridized carbons (Fsp3) is 0.643. The van der Waals surface area contributed by atoms with Crippen molar-refractivity contribution in [2.45, 2.75) is 50.7 Å². The van der Waals surface area contributed by atoms with Crippen LogP contribution in [0.2, 0.25) is 0 Å². The lowest BCUT2D eigenvalue weighted by Crippen LogP contribution is -2.47. The summed E-state index contributed by atoms with van der Waals surface area (Å²) in [4.78, 5) is 17.2. The molecular weight excluding hydrogens is 256 g/mol. The van der Waals surface area contributed by atoms with Crippen LogP contribution < -0.4 is 10.2 Å². The zero-order chi connectivity index (χ0) is 14.3. The number of nitrogens with one attached hydrogen (secondary N) is 1. The minimum atomic E-state index is -0.332. The number of hydrogen-bond acceptors (Lipinski definition) is 5. The summed E-state index contributed by atoms with van der Waals surface area (Å²) in [5.41, 5.74) is 0.928. The van der Waals surface area contributed by atoms with Gasteiger partial charge in [0.15, 0.2) is 0 Å². The van der Waals surface area contributed by atoms with Crippen molar-refractivity contribution in [1.82, 2.24) is 10.3 Å². The summed E-state index contributed by atoms with van der Waals surface area (Å²) in [7, 11) is 1.93. The molecular formula is C14H20N4O2. The van der Waals surface area contributed by atoms with Crippen molar-refractivity contribution < 1.29 is 4.92 Å². The number of pyridine rings is 1. The molecule has 2 fully saturated rings. The quantitative estimate of drug-likeness (QED) is 0.675. The Morgan fingerprint density at radius 1 is 1.40 bits per heavy atom. The Labute approximate surface area is 118 Å². The van der Waals surface area contributed by atoms with E-state index in [0.717, 1.165) is 18.4 Å². The Balaban J connectivity index is 1.87. The lowest BCUT2D eigenvalue weighted by atomic mass is 9.98. The maximum Gasteiger partial charge on any atom is 0.311 e. The molecule has 0 spiro atoms. The monoisotopic (exact) mass is 276 g/mol. The minimum absolute atomic E-state index is 0.110.